The summed E-state index contributed by atoms with van der Waals surface area (Å²) >= 11 is 0. The maximum absolute atomic E-state index is 13.3. The van der Waals surface area contributed by atoms with Gasteiger partial charge in [0.25, 0.3) is 11.8 Å². The number of ether oxygens (including phenoxy) is 1. The maximum Gasteiger partial charge on any atom is 0.270 e. The van der Waals surface area contributed by atoms with Crippen molar-refractivity contribution in [3.05, 3.63) is 83.6 Å². The lowest BCUT2D eigenvalue weighted by Crippen LogP contribution is -2.48. The molecule has 0 aliphatic carbocycles. The minimum absolute atomic E-state index is 0.184. The molecule has 0 atom stereocenters. The van der Waals surface area contributed by atoms with E-state index in [1.54, 1.807) is 42.4 Å². The topological polar surface area (TPSA) is 70.7 Å². The normalized spacial score (nSPS) is 14.4. The molecule has 1 fully saturated rings. The van der Waals surface area contributed by atoms with Crippen molar-refractivity contribution in [2.24, 2.45) is 0 Å². The average Bonchev–Trinajstić information content (AvgIpc) is 2.84. The Morgan fingerprint density at radius 2 is 1.68 bits per heavy atom. The van der Waals surface area contributed by atoms with Gasteiger partial charge in [-0.3, -0.25) is 9.59 Å². The minimum atomic E-state index is -0.336. The van der Waals surface area contributed by atoms with Crippen LogP contribution in [0.4, 0.5) is 0 Å². The van der Waals surface area contributed by atoms with Crippen molar-refractivity contribution in [1.82, 2.24) is 15.5 Å². The second-order valence-corrected chi connectivity index (χ2v) is 7.35. The number of fused-ring (bicyclic) bond motifs is 1. The quantitative estimate of drug-likeness (QED) is 0.629. The Kier molecular flexibility index (Phi) is 6.29. The van der Waals surface area contributed by atoms with Gasteiger partial charge in [0, 0.05) is 31.7 Å². The number of hydrogen-bond acceptors (Lipinski definition) is 4. The summed E-state index contributed by atoms with van der Waals surface area (Å²) in [6.07, 6.45) is 1.77. The molecule has 6 heteroatoms. The van der Waals surface area contributed by atoms with E-state index < -0.39 is 0 Å². The number of carbonyl (C=O) groups is 2. The Bertz CT molecular complexity index is 1110. The van der Waals surface area contributed by atoms with Gasteiger partial charge in [0.05, 0.1) is 7.11 Å². The number of rotatable bonds is 5. The zero-order valence-corrected chi connectivity index (χ0v) is 17.4. The number of nitrogens with zero attached hydrogens (tertiary/aromatic N) is 1. The number of piperazine rings is 1. The third-order valence-corrected chi connectivity index (χ3v) is 5.36. The summed E-state index contributed by atoms with van der Waals surface area (Å²) < 4.78 is 5.16. The van der Waals surface area contributed by atoms with Crippen LogP contribution in [0.15, 0.2) is 72.4 Å². The number of carbonyl (C=O) groups excluding carboxylic acids is 2. The first kappa shape index (κ1) is 20.6. The van der Waals surface area contributed by atoms with Crippen molar-refractivity contribution in [3.8, 4) is 5.75 Å². The molecule has 2 N–H and O–H groups in total. The molecule has 3 aromatic rings. The predicted molar refractivity (Wildman–Crippen MR) is 122 cm³/mol. The Balaban J connectivity index is 1.69. The monoisotopic (exact) mass is 415 g/mol. The summed E-state index contributed by atoms with van der Waals surface area (Å²) in [4.78, 5) is 28.0. The molecule has 0 saturated carbocycles. The molecular weight excluding hydrogens is 390 g/mol. The smallest absolute Gasteiger partial charge is 0.270 e. The number of nitrogens with one attached hydrogen (secondary N) is 2. The van der Waals surface area contributed by atoms with E-state index in [1.807, 2.05) is 42.5 Å². The molecule has 31 heavy (non-hydrogen) atoms. The highest BCUT2D eigenvalue weighted by molar-refractivity contribution is 6.06. The highest BCUT2D eigenvalue weighted by Crippen LogP contribution is 2.21. The van der Waals surface area contributed by atoms with E-state index in [4.69, 9.17) is 4.74 Å². The second-order valence-electron chi connectivity index (χ2n) is 7.35. The first-order valence-electron chi connectivity index (χ1n) is 10.3. The van der Waals surface area contributed by atoms with E-state index in [0.29, 0.717) is 24.4 Å². The lowest BCUT2D eigenvalue weighted by atomic mass is 10.0. The van der Waals surface area contributed by atoms with Gasteiger partial charge in [-0.2, -0.15) is 0 Å². The van der Waals surface area contributed by atoms with Crippen LogP contribution in [-0.4, -0.2) is 50.0 Å². The van der Waals surface area contributed by atoms with Crippen LogP contribution < -0.4 is 15.4 Å². The Hall–Kier alpha value is -3.64. The summed E-state index contributed by atoms with van der Waals surface area (Å²) in [6.45, 7) is 2.67. The Morgan fingerprint density at radius 1 is 0.968 bits per heavy atom. The second kappa shape index (κ2) is 9.45. The molecule has 2 amide bonds. The molecule has 158 valence electrons. The molecule has 3 aromatic carbocycles. The van der Waals surface area contributed by atoms with E-state index in [0.717, 1.165) is 29.4 Å². The third-order valence-electron chi connectivity index (χ3n) is 5.36. The minimum Gasteiger partial charge on any atom is -0.497 e. The molecule has 0 spiro atoms. The first-order chi connectivity index (χ1) is 15.2. The molecule has 0 bridgehead atoms. The summed E-state index contributed by atoms with van der Waals surface area (Å²) in [5.74, 6) is 0.147. The van der Waals surface area contributed by atoms with Crippen LogP contribution in [0, 0.1) is 0 Å². The molecule has 4 rings (SSSR count). The van der Waals surface area contributed by atoms with Crippen LogP contribution in [0.5, 0.6) is 5.75 Å². The summed E-state index contributed by atoms with van der Waals surface area (Å²) in [7, 11) is 1.58. The summed E-state index contributed by atoms with van der Waals surface area (Å²) in [5.41, 5.74) is 1.60. The van der Waals surface area contributed by atoms with Crippen molar-refractivity contribution in [2.45, 2.75) is 0 Å². The van der Waals surface area contributed by atoms with Crippen LogP contribution in [0.3, 0.4) is 0 Å². The van der Waals surface area contributed by atoms with Crippen molar-refractivity contribution < 1.29 is 14.3 Å². The van der Waals surface area contributed by atoms with Gasteiger partial charge in [-0.15, -0.1) is 0 Å². The van der Waals surface area contributed by atoms with Crippen LogP contribution >= 0.6 is 0 Å². The Labute approximate surface area is 181 Å². The van der Waals surface area contributed by atoms with Crippen molar-refractivity contribution in [1.29, 1.82) is 0 Å². The van der Waals surface area contributed by atoms with Gasteiger partial charge in [-0.05, 0) is 46.7 Å². The van der Waals surface area contributed by atoms with Gasteiger partial charge < -0.3 is 20.3 Å². The van der Waals surface area contributed by atoms with Crippen LogP contribution in [0.25, 0.3) is 16.8 Å². The standard InChI is InChI=1S/C25H25N3O3/c1-31-21-11-9-19(10-12-21)24(29)27-23(25(30)28-15-13-26-14-16-28)17-20-7-4-6-18-5-2-3-8-22(18)20/h2-12,17,26H,13-16H2,1H3,(H,27,29). The molecule has 0 aromatic heterocycles. The van der Waals surface area contributed by atoms with Crippen molar-refractivity contribution >= 4 is 28.7 Å². The Morgan fingerprint density at radius 3 is 2.42 bits per heavy atom. The van der Waals surface area contributed by atoms with Gasteiger partial charge >= 0.3 is 0 Å². The molecule has 6 nitrogen and oxygen atoms in total. The largest absolute Gasteiger partial charge is 0.497 e. The molecule has 1 aliphatic heterocycles. The van der Waals surface area contributed by atoms with E-state index in [9.17, 15) is 9.59 Å². The van der Waals surface area contributed by atoms with Gasteiger partial charge in [-0.1, -0.05) is 42.5 Å². The van der Waals surface area contributed by atoms with Crippen LogP contribution in [-0.2, 0) is 4.79 Å². The van der Waals surface area contributed by atoms with Crippen molar-refractivity contribution in [3.63, 3.8) is 0 Å². The molecular formula is C25H25N3O3. The SMILES string of the molecule is COc1ccc(C(=O)NC(=Cc2cccc3ccccc23)C(=O)N2CCNCC2)cc1. The number of amides is 2. The zero-order chi connectivity index (χ0) is 21.6. The molecule has 1 aliphatic rings. The van der Waals surface area contributed by atoms with Crippen LogP contribution in [0.2, 0.25) is 0 Å². The highest BCUT2D eigenvalue weighted by atomic mass is 16.5. The van der Waals surface area contributed by atoms with E-state index in [-0.39, 0.29) is 17.5 Å². The molecule has 0 radical (unpaired) electrons. The highest BCUT2D eigenvalue weighted by Gasteiger charge is 2.22. The fourth-order valence-electron chi connectivity index (χ4n) is 3.66. The molecule has 1 saturated heterocycles. The van der Waals surface area contributed by atoms with Gasteiger partial charge in [-0.25, -0.2) is 0 Å². The summed E-state index contributed by atoms with van der Waals surface area (Å²) in [5, 5.41) is 8.20. The number of benzene rings is 3. The van der Waals surface area contributed by atoms with E-state index >= 15 is 0 Å². The molecule has 0 unspecified atom stereocenters. The first-order valence-corrected chi connectivity index (χ1v) is 10.3. The van der Waals surface area contributed by atoms with Crippen LogP contribution in [0.1, 0.15) is 15.9 Å². The zero-order valence-electron chi connectivity index (χ0n) is 17.4. The predicted octanol–water partition coefficient (Wildman–Crippen LogP) is 3.05. The average molecular weight is 415 g/mol. The lowest BCUT2D eigenvalue weighted by Gasteiger charge is -2.28. The maximum atomic E-state index is 13.3. The number of hydrogen-bond donors (Lipinski definition) is 2. The lowest BCUT2D eigenvalue weighted by molar-refractivity contribution is -0.127. The summed E-state index contributed by atoms with van der Waals surface area (Å²) in [6, 6.07) is 20.7. The van der Waals surface area contributed by atoms with Crippen molar-refractivity contribution in [2.75, 3.05) is 33.3 Å². The fraction of sp³-hybridized carbons (Fsp3) is 0.200. The molecule has 1 heterocycles. The fourth-order valence-corrected chi connectivity index (χ4v) is 3.66. The van der Waals surface area contributed by atoms with E-state index in [1.165, 1.54) is 0 Å². The van der Waals surface area contributed by atoms with Gasteiger partial charge in [0.15, 0.2) is 0 Å². The number of methoxy groups -OCH3 is 1. The van der Waals surface area contributed by atoms with E-state index in [2.05, 4.69) is 10.6 Å². The van der Waals surface area contributed by atoms with Gasteiger partial charge in [0.1, 0.15) is 11.4 Å². The van der Waals surface area contributed by atoms with Gasteiger partial charge in [0.2, 0.25) is 0 Å². The third kappa shape index (κ3) is 4.75.